The second kappa shape index (κ2) is 6.02. The molecule has 0 aliphatic heterocycles. The molecule has 0 unspecified atom stereocenters. The summed E-state index contributed by atoms with van der Waals surface area (Å²) in [4.78, 5) is 0. The van der Waals surface area contributed by atoms with Crippen molar-refractivity contribution in [1.29, 1.82) is 0 Å². The van der Waals surface area contributed by atoms with Gasteiger partial charge in [-0.1, -0.05) is 84.0 Å². The molecular weight excluding hydrogens is 216 g/mol. The van der Waals surface area contributed by atoms with Crippen molar-refractivity contribution in [3.8, 4) is 0 Å². The Bertz CT molecular complexity index is 521. The van der Waals surface area contributed by atoms with E-state index in [9.17, 15) is 0 Å². The Morgan fingerprint density at radius 3 is 1.50 bits per heavy atom. The number of benzene rings is 2. The monoisotopic (exact) mass is 234 g/mol. The van der Waals surface area contributed by atoms with Crippen LogP contribution in [0.2, 0.25) is 0 Å². The van der Waals surface area contributed by atoms with Gasteiger partial charge in [-0.3, -0.25) is 0 Å². The number of allylic oxidation sites excluding steroid dienone is 2. The third kappa shape index (κ3) is 3.74. The van der Waals surface area contributed by atoms with Crippen molar-refractivity contribution in [3.05, 3.63) is 82.9 Å². The fourth-order valence-corrected chi connectivity index (χ4v) is 1.88. The Morgan fingerprint density at radius 2 is 1.11 bits per heavy atom. The number of rotatable bonds is 3. The van der Waals surface area contributed by atoms with E-state index in [1.54, 1.807) is 0 Å². The summed E-state index contributed by atoms with van der Waals surface area (Å²) in [6.07, 6.45) is 8.41. The highest BCUT2D eigenvalue weighted by Gasteiger charge is 1.87. The minimum atomic E-state index is 1.24. The molecule has 2 rings (SSSR count). The lowest BCUT2D eigenvalue weighted by molar-refractivity contribution is 1.46. The molecule has 0 radical (unpaired) electrons. The van der Waals surface area contributed by atoms with Crippen LogP contribution in [0.25, 0.3) is 12.2 Å². The van der Waals surface area contributed by atoms with Gasteiger partial charge < -0.3 is 0 Å². The van der Waals surface area contributed by atoms with Crippen LogP contribution in [0.15, 0.2) is 60.7 Å². The van der Waals surface area contributed by atoms with E-state index in [0.29, 0.717) is 0 Å². The lowest BCUT2D eigenvalue weighted by atomic mass is 10.1. The highest BCUT2D eigenvalue weighted by molar-refractivity contribution is 5.57. The van der Waals surface area contributed by atoms with E-state index in [-0.39, 0.29) is 0 Å². The summed E-state index contributed by atoms with van der Waals surface area (Å²) < 4.78 is 0. The molecule has 90 valence electrons. The summed E-state index contributed by atoms with van der Waals surface area (Å²) in [5.74, 6) is 0. The summed E-state index contributed by atoms with van der Waals surface area (Å²) in [6.45, 7) is 4.22. The zero-order chi connectivity index (χ0) is 12.8. The van der Waals surface area contributed by atoms with Gasteiger partial charge in [0.1, 0.15) is 0 Å². The van der Waals surface area contributed by atoms with E-state index in [1.807, 2.05) is 0 Å². The van der Waals surface area contributed by atoms with Gasteiger partial charge in [-0.15, -0.1) is 0 Å². The molecule has 2 aromatic carbocycles. The molecule has 0 aliphatic rings. The predicted octanol–water partition coefficient (Wildman–Crippen LogP) is 5.03. The van der Waals surface area contributed by atoms with Crippen LogP contribution in [0.3, 0.4) is 0 Å². The molecule has 0 saturated carbocycles. The minimum absolute atomic E-state index is 1.24. The van der Waals surface area contributed by atoms with Gasteiger partial charge in [-0.25, -0.2) is 0 Å². The summed E-state index contributed by atoms with van der Waals surface area (Å²) in [5, 5.41) is 0. The van der Waals surface area contributed by atoms with Crippen molar-refractivity contribution in [2.45, 2.75) is 13.8 Å². The van der Waals surface area contributed by atoms with Crippen LogP contribution in [0.5, 0.6) is 0 Å². The Labute approximate surface area is 109 Å². The van der Waals surface area contributed by atoms with Crippen LogP contribution in [0, 0.1) is 13.8 Å². The maximum absolute atomic E-state index is 2.18. The molecule has 0 N–H and O–H groups in total. The van der Waals surface area contributed by atoms with Gasteiger partial charge in [0, 0.05) is 0 Å². The van der Waals surface area contributed by atoms with E-state index < -0.39 is 0 Å². The van der Waals surface area contributed by atoms with Crippen molar-refractivity contribution in [2.24, 2.45) is 0 Å². The highest BCUT2D eigenvalue weighted by Crippen LogP contribution is 2.08. The van der Waals surface area contributed by atoms with E-state index >= 15 is 0 Å². The second-order valence-corrected chi connectivity index (χ2v) is 4.55. The lowest BCUT2D eigenvalue weighted by Gasteiger charge is -1.95. The van der Waals surface area contributed by atoms with Gasteiger partial charge in [0.25, 0.3) is 0 Å². The van der Waals surface area contributed by atoms with Crippen LogP contribution in [0.4, 0.5) is 0 Å². The second-order valence-electron chi connectivity index (χ2n) is 4.55. The zero-order valence-corrected chi connectivity index (χ0v) is 10.9. The fraction of sp³-hybridized carbons (Fsp3) is 0.111. The fourth-order valence-electron chi connectivity index (χ4n) is 1.88. The predicted molar refractivity (Wildman–Crippen MR) is 80.4 cm³/mol. The smallest absolute Gasteiger partial charge is 0.0254 e. The summed E-state index contributed by atoms with van der Waals surface area (Å²) in [6, 6.07) is 17.0. The third-order valence-corrected chi connectivity index (χ3v) is 2.77. The van der Waals surface area contributed by atoms with Gasteiger partial charge in [0.05, 0.1) is 0 Å². The summed E-state index contributed by atoms with van der Waals surface area (Å²) in [5.41, 5.74) is 5.06. The van der Waals surface area contributed by atoms with Crippen molar-refractivity contribution >= 4 is 12.2 Å². The van der Waals surface area contributed by atoms with Gasteiger partial charge in [0.2, 0.25) is 0 Å². The largest absolute Gasteiger partial charge is 0.0617 e. The van der Waals surface area contributed by atoms with Crippen molar-refractivity contribution < 1.29 is 0 Å². The third-order valence-electron chi connectivity index (χ3n) is 2.77. The molecule has 2 aromatic rings. The maximum Gasteiger partial charge on any atom is -0.0254 e. The van der Waals surface area contributed by atoms with E-state index in [0.717, 1.165) is 0 Å². The summed E-state index contributed by atoms with van der Waals surface area (Å²) >= 11 is 0. The first-order chi connectivity index (χ1) is 8.74. The lowest BCUT2D eigenvalue weighted by Crippen LogP contribution is -1.74. The summed E-state index contributed by atoms with van der Waals surface area (Å²) in [7, 11) is 0. The first-order valence-electron chi connectivity index (χ1n) is 6.22. The Morgan fingerprint density at radius 1 is 0.667 bits per heavy atom. The molecule has 0 nitrogen and oxygen atoms in total. The van der Waals surface area contributed by atoms with Crippen LogP contribution < -0.4 is 0 Å². The van der Waals surface area contributed by atoms with Crippen LogP contribution in [-0.2, 0) is 0 Å². The molecule has 0 atom stereocenters. The Hall–Kier alpha value is -2.08. The first-order valence-corrected chi connectivity index (χ1v) is 6.22. The molecular formula is C18H18. The molecule has 0 amide bonds. The van der Waals surface area contributed by atoms with Crippen molar-refractivity contribution in [2.75, 3.05) is 0 Å². The Balaban J connectivity index is 2.03. The molecule has 0 aliphatic carbocycles. The number of hydrogen-bond acceptors (Lipinski definition) is 0. The average Bonchev–Trinajstić information content (AvgIpc) is 2.35. The molecule has 18 heavy (non-hydrogen) atoms. The molecule has 0 spiro atoms. The van der Waals surface area contributed by atoms with Crippen molar-refractivity contribution in [1.82, 2.24) is 0 Å². The molecule has 0 fully saturated rings. The van der Waals surface area contributed by atoms with Crippen molar-refractivity contribution in [3.63, 3.8) is 0 Å². The van der Waals surface area contributed by atoms with E-state index in [2.05, 4.69) is 86.7 Å². The van der Waals surface area contributed by atoms with E-state index in [1.165, 1.54) is 22.3 Å². The standard InChI is InChI=1S/C18H18/c1-15-7-5-11-17(13-15)9-3-4-10-18-12-6-8-16(2)14-18/h3-14H,1-2H3. The molecule has 0 heteroatoms. The molecule has 0 heterocycles. The SMILES string of the molecule is Cc1cccc(C=CC=Cc2cccc(C)c2)c1. The average molecular weight is 234 g/mol. The number of hydrogen-bond donors (Lipinski definition) is 0. The van der Waals surface area contributed by atoms with Gasteiger partial charge in [0.15, 0.2) is 0 Å². The maximum atomic E-state index is 2.18. The quantitative estimate of drug-likeness (QED) is 0.653. The highest BCUT2D eigenvalue weighted by atomic mass is 13.9. The normalized spacial score (nSPS) is 11.4. The van der Waals surface area contributed by atoms with E-state index in [4.69, 9.17) is 0 Å². The Kier molecular flexibility index (Phi) is 4.14. The first kappa shape index (κ1) is 12.4. The topological polar surface area (TPSA) is 0 Å². The zero-order valence-electron chi connectivity index (χ0n) is 10.9. The van der Waals surface area contributed by atoms with Gasteiger partial charge in [-0.05, 0) is 25.0 Å². The van der Waals surface area contributed by atoms with Gasteiger partial charge >= 0.3 is 0 Å². The van der Waals surface area contributed by atoms with Crippen LogP contribution >= 0.6 is 0 Å². The van der Waals surface area contributed by atoms with Crippen LogP contribution in [-0.4, -0.2) is 0 Å². The van der Waals surface area contributed by atoms with Gasteiger partial charge in [-0.2, -0.15) is 0 Å². The minimum Gasteiger partial charge on any atom is -0.0617 e. The molecule has 0 bridgehead atoms. The molecule has 0 aromatic heterocycles. The number of aryl methyl sites for hydroxylation is 2. The molecule has 0 saturated heterocycles. The van der Waals surface area contributed by atoms with Crippen LogP contribution in [0.1, 0.15) is 22.3 Å².